The van der Waals surface area contributed by atoms with E-state index in [1.54, 1.807) is 24.0 Å². The molecule has 3 rings (SSSR count). The number of aryl methyl sites for hydroxylation is 1. The molecule has 1 aliphatic heterocycles. The normalized spacial score (nSPS) is 18.5. The Hall–Kier alpha value is -2.24. The maximum Gasteiger partial charge on any atom is 0.249 e. The summed E-state index contributed by atoms with van der Waals surface area (Å²) < 4.78 is 18.2. The fourth-order valence-electron chi connectivity index (χ4n) is 2.81. The second-order valence-corrected chi connectivity index (χ2v) is 5.58. The minimum Gasteiger partial charge on any atom is -0.337 e. The number of nitrogens with zero attached hydrogens (tertiary/aromatic N) is 3. The summed E-state index contributed by atoms with van der Waals surface area (Å²) in [6.07, 6.45) is 3.09. The van der Waals surface area contributed by atoms with Crippen LogP contribution in [0.5, 0.6) is 0 Å². The van der Waals surface area contributed by atoms with E-state index in [0.717, 1.165) is 24.8 Å². The second kappa shape index (κ2) is 6.25. The molecular weight excluding hydrogens is 285 g/mol. The van der Waals surface area contributed by atoms with E-state index >= 15 is 0 Å². The maximum absolute atomic E-state index is 12.9. The third kappa shape index (κ3) is 3.16. The van der Waals surface area contributed by atoms with Crippen LogP contribution in [0.2, 0.25) is 0 Å². The summed E-state index contributed by atoms with van der Waals surface area (Å²) in [6, 6.07) is 5.88. The lowest BCUT2D eigenvalue weighted by molar-refractivity contribution is -0.135. The van der Waals surface area contributed by atoms with Crippen molar-refractivity contribution in [1.29, 1.82) is 0 Å². The Morgan fingerprint density at radius 1 is 1.36 bits per heavy atom. The van der Waals surface area contributed by atoms with Gasteiger partial charge in [0, 0.05) is 6.54 Å². The molecule has 22 heavy (non-hydrogen) atoms. The molecule has 2 heterocycles. The first-order chi connectivity index (χ1) is 10.6. The molecule has 0 radical (unpaired) electrons. The third-order valence-corrected chi connectivity index (χ3v) is 3.92. The monoisotopic (exact) mass is 303 g/mol. The number of carbonyl (C=O) groups excluding carboxylic acids is 1. The highest BCUT2D eigenvalue weighted by Gasteiger charge is 2.31. The fourth-order valence-corrected chi connectivity index (χ4v) is 2.81. The fraction of sp³-hybridized carbons (Fsp3) is 0.438. The molecule has 2 aromatic rings. The summed E-state index contributed by atoms with van der Waals surface area (Å²) in [5.74, 6) is 0.789. The van der Waals surface area contributed by atoms with Gasteiger partial charge in [-0.25, -0.2) is 4.39 Å². The number of aromatic nitrogens is 2. The van der Waals surface area contributed by atoms with Gasteiger partial charge < -0.3 is 9.42 Å². The van der Waals surface area contributed by atoms with E-state index in [1.807, 2.05) is 0 Å². The number of piperidine rings is 1. The zero-order valence-corrected chi connectivity index (χ0v) is 12.5. The molecule has 5 nitrogen and oxygen atoms in total. The van der Waals surface area contributed by atoms with Crippen LogP contribution in [0.15, 0.2) is 28.8 Å². The predicted molar refractivity (Wildman–Crippen MR) is 77.4 cm³/mol. The highest BCUT2D eigenvalue weighted by atomic mass is 19.1. The Morgan fingerprint density at radius 2 is 2.14 bits per heavy atom. The van der Waals surface area contributed by atoms with Gasteiger partial charge in [0.25, 0.3) is 0 Å². The van der Waals surface area contributed by atoms with E-state index in [2.05, 4.69) is 10.1 Å². The molecule has 6 heteroatoms. The first-order valence-electron chi connectivity index (χ1n) is 7.47. The largest absolute Gasteiger partial charge is 0.337 e. The molecule has 0 N–H and O–H groups in total. The number of halogens is 1. The smallest absolute Gasteiger partial charge is 0.249 e. The minimum atomic E-state index is -0.298. The molecule has 0 aliphatic carbocycles. The minimum absolute atomic E-state index is 0.00663. The van der Waals surface area contributed by atoms with Gasteiger partial charge in [-0.3, -0.25) is 4.79 Å². The summed E-state index contributed by atoms with van der Waals surface area (Å²) >= 11 is 0. The van der Waals surface area contributed by atoms with Crippen LogP contribution in [0.4, 0.5) is 4.39 Å². The summed E-state index contributed by atoms with van der Waals surface area (Å²) in [7, 11) is 0. The third-order valence-electron chi connectivity index (χ3n) is 3.92. The van der Waals surface area contributed by atoms with Crippen LogP contribution in [0, 0.1) is 12.7 Å². The first kappa shape index (κ1) is 14.7. The molecule has 0 bridgehead atoms. The van der Waals surface area contributed by atoms with Gasteiger partial charge in [0.15, 0.2) is 5.82 Å². The lowest BCUT2D eigenvalue weighted by atomic mass is 10.0. The summed E-state index contributed by atoms with van der Waals surface area (Å²) in [4.78, 5) is 18.7. The molecule has 1 saturated heterocycles. The van der Waals surface area contributed by atoms with Gasteiger partial charge in [0.2, 0.25) is 11.8 Å². The van der Waals surface area contributed by atoms with E-state index in [0.29, 0.717) is 18.3 Å². The number of benzene rings is 1. The lowest BCUT2D eigenvalue weighted by Crippen LogP contribution is -2.39. The quantitative estimate of drug-likeness (QED) is 0.875. The summed E-state index contributed by atoms with van der Waals surface area (Å²) in [6.45, 7) is 2.45. The van der Waals surface area contributed by atoms with Gasteiger partial charge in [-0.05, 0) is 43.9 Å². The van der Waals surface area contributed by atoms with Crippen LogP contribution in [0.1, 0.15) is 42.6 Å². The maximum atomic E-state index is 12.9. The van der Waals surface area contributed by atoms with Crippen molar-refractivity contribution in [2.75, 3.05) is 6.54 Å². The average Bonchev–Trinajstić information content (AvgIpc) is 2.96. The number of amides is 1. The number of carbonyl (C=O) groups is 1. The van der Waals surface area contributed by atoms with E-state index < -0.39 is 0 Å². The van der Waals surface area contributed by atoms with E-state index in [-0.39, 0.29) is 24.2 Å². The first-order valence-corrected chi connectivity index (χ1v) is 7.47. The van der Waals surface area contributed by atoms with Gasteiger partial charge in [0.05, 0.1) is 6.42 Å². The molecule has 0 spiro atoms. The van der Waals surface area contributed by atoms with Gasteiger partial charge >= 0.3 is 0 Å². The van der Waals surface area contributed by atoms with Crippen molar-refractivity contribution in [3.63, 3.8) is 0 Å². The number of likely N-dealkylation sites (tertiary alicyclic amines) is 1. The van der Waals surface area contributed by atoms with Crippen molar-refractivity contribution in [2.24, 2.45) is 0 Å². The van der Waals surface area contributed by atoms with Crippen molar-refractivity contribution < 1.29 is 13.7 Å². The molecule has 1 amide bonds. The second-order valence-electron chi connectivity index (χ2n) is 5.58. The Balaban J connectivity index is 1.75. The Kier molecular flexibility index (Phi) is 4.18. The van der Waals surface area contributed by atoms with Gasteiger partial charge in [-0.15, -0.1) is 0 Å². The Labute approximate surface area is 128 Å². The molecule has 116 valence electrons. The van der Waals surface area contributed by atoms with Crippen molar-refractivity contribution in [1.82, 2.24) is 15.0 Å². The SMILES string of the molecule is Cc1noc([C@@H]2CCCCN2C(=O)Cc2ccc(F)cc2)n1. The average molecular weight is 303 g/mol. The zero-order valence-electron chi connectivity index (χ0n) is 12.5. The topological polar surface area (TPSA) is 59.2 Å². The molecule has 1 aromatic heterocycles. The van der Waals surface area contributed by atoms with Gasteiger partial charge in [0.1, 0.15) is 11.9 Å². The Morgan fingerprint density at radius 3 is 2.82 bits per heavy atom. The standard InChI is InChI=1S/C16H18FN3O2/c1-11-18-16(22-19-11)14-4-2-3-9-20(14)15(21)10-12-5-7-13(17)8-6-12/h5-8,14H,2-4,9-10H2,1H3/t14-/m0/s1. The van der Waals surface area contributed by atoms with Crippen molar-refractivity contribution in [2.45, 2.75) is 38.6 Å². The van der Waals surface area contributed by atoms with Crippen molar-refractivity contribution in [3.8, 4) is 0 Å². The molecule has 1 aliphatic rings. The van der Waals surface area contributed by atoms with Crippen molar-refractivity contribution in [3.05, 3.63) is 47.4 Å². The van der Waals surface area contributed by atoms with Crippen LogP contribution < -0.4 is 0 Å². The van der Waals surface area contributed by atoms with Crippen LogP contribution in [-0.2, 0) is 11.2 Å². The van der Waals surface area contributed by atoms with Crippen LogP contribution in [-0.4, -0.2) is 27.5 Å². The highest BCUT2D eigenvalue weighted by Crippen LogP contribution is 2.30. The van der Waals surface area contributed by atoms with Crippen LogP contribution in [0.3, 0.4) is 0 Å². The molecule has 1 fully saturated rings. The Bertz CT molecular complexity index is 654. The molecular formula is C16H18FN3O2. The zero-order chi connectivity index (χ0) is 15.5. The molecule has 0 unspecified atom stereocenters. The van der Waals surface area contributed by atoms with Crippen molar-refractivity contribution >= 4 is 5.91 Å². The van der Waals surface area contributed by atoms with Crippen LogP contribution in [0.25, 0.3) is 0 Å². The van der Waals surface area contributed by atoms with E-state index in [4.69, 9.17) is 4.52 Å². The van der Waals surface area contributed by atoms with Crippen LogP contribution >= 0.6 is 0 Å². The number of rotatable bonds is 3. The van der Waals surface area contributed by atoms with E-state index in [9.17, 15) is 9.18 Å². The molecule has 1 atom stereocenters. The molecule has 0 saturated carbocycles. The number of hydrogen-bond donors (Lipinski definition) is 0. The van der Waals surface area contributed by atoms with E-state index in [1.165, 1.54) is 12.1 Å². The summed E-state index contributed by atoms with van der Waals surface area (Å²) in [5.41, 5.74) is 0.803. The lowest BCUT2D eigenvalue weighted by Gasteiger charge is -2.33. The number of hydrogen-bond acceptors (Lipinski definition) is 4. The van der Waals surface area contributed by atoms with Gasteiger partial charge in [-0.1, -0.05) is 17.3 Å². The molecule has 1 aromatic carbocycles. The van der Waals surface area contributed by atoms with Gasteiger partial charge in [-0.2, -0.15) is 4.98 Å². The summed E-state index contributed by atoms with van der Waals surface area (Å²) in [5, 5.41) is 3.81. The predicted octanol–water partition coefficient (Wildman–Crippen LogP) is 2.81. The highest BCUT2D eigenvalue weighted by molar-refractivity contribution is 5.79.